The van der Waals surface area contributed by atoms with Crippen LogP contribution < -0.4 is 4.74 Å². The molecular weight excluding hydrogens is 208 g/mol. The average molecular weight is 220 g/mol. The van der Waals surface area contributed by atoms with Crippen molar-refractivity contribution in [2.45, 2.75) is 13.3 Å². The highest BCUT2D eigenvalue weighted by Gasteiger charge is 2.16. The smallest absolute Gasteiger partial charge is 0.339 e. The van der Waals surface area contributed by atoms with Gasteiger partial charge in [-0.05, 0) is 24.1 Å². The SMILES string of the molecule is CCc1cc(OC)c2occ(C(=O)O)c2c1. The Labute approximate surface area is 92.4 Å². The molecule has 0 aliphatic heterocycles. The molecule has 0 fully saturated rings. The largest absolute Gasteiger partial charge is 0.493 e. The first-order chi connectivity index (χ1) is 7.67. The highest BCUT2D eigenvalue weighted by Crippen LogP contribution is 2.31. The summed E-state index contributed by atoms with van der Waals surface area (Å²) >= 11 is 0. The molecule has 0 bridgehead atoms. The van der Waals surface area contributed by atoms with Gasteiger partial charge >= 0.3 is 5.97 Å². The minimum atomic E-state index is -0.992. The van der Waals surface area contributed by atoms with Gasteiger partial charge in [0.25, 0.3) is 0 Å². The van der Waals surface area contributed by atoms with Crippen LogP contribution in [0.3, 0.4) is 0 Å². The van der Waals surface area contributed by atoms with Gasteiger partial charge in [0.1, 0.15) is 11.8 Å². The molecule has 1 N–H and O–H groups in total. The predicted octanol–water partition coefficient (Wildman–Crippen LogP) is 2.70. The number of furan rings is 1. The van der Waals surface area contributed by atoms with Gasteiger partial charge in [0.05, 0.1) is 7.11 Å². The van der Waals surface area contributed by atoms with Crippen LogP contribution in [0.5, 0.6) is 5.75 Å². The van der Waals surface area contributed by atoms with Crippen LogP contribution in [0.15, 0.2) is 22.8 Å². The first-order valence-electron chi connectivity index (χ1n) is 4.98. The predicted molar refractivity (Wildman–Crippen MR) is 59.1 cm³/mol. The molecule has 0 amide bonds. The molecule has 0 radical (unpaired) electrons. The molecule has 0 aliphatic carbocycles. The minimum absolute atomic E-state index is 0.170. The van der Waals surface area contributed by atoms with Crippen molar-refractivity contribution in [2.24, 2.45) is 0 Å². The molecule has 0 aliphatic rings. The van der Waals surface area contributed by atoms with Crippen molar-refractivity contribution in [3.8, 4) is 5.75 Å². The second kappa shape index (κ2) is 3.89. The first kappa shape index (κ1) is 10.5. The third kappa shape index (κ3) is 1.52. The van der Waals surface area contributed by atoms with Crippen molar-refractivity contribution >= 4 is 16.9 Å². The zero-order chi connectivity index (χ0) is 11.7. The van der Waals surface area contributed by atoms with Crippen molar-refractivity contribution in [1.82, 2.24) is 0 Å². The van der Waals surface area contributed by atoms with Crippen LogP contribution in [0.4, 0.5) is 0 Å². The maximum absolute atomic E-state index is 11.0. The van der Waals surface area contributed by atoms with Gasteiger partial charge in [-0.15, -0.1) is 0 Å². The minimum Gasteiger partial charge on any atom is -0.493 e. The highest BCUT2D eigenvalue weighted by atomic mass is 16.5. The van der Waals surface area contributed by atoms with Gasteiger partial charge in [-0.3, -0.25) is 0 Å². The van der Waals surface area contributed by atoms with E-state index in [4.69, 9.17) is 14.3 Å². The van der Waals surface area contributed by atoms with Crippen LogP contribution in [0.2, 0.25) is 0 Å². The van der Waals surface area contributed by atoms with Crippen molar-refractivity contribution in [3.63, 3.8) is 0 Å². The summed E-state index contributed by atoms with van der Waals surface area (Å²) in [6, 6.07) is 3.68. The van der Waals surface area contributed by atoms with E-state index in [1.165, 1.54) is 13.4 Å². The van der Waals surface area contributed by atoms with Gasteiger partial charge in [-0.1, -0.05) is 6.92 Å². The maximum Gasteiger partial charge on any atom is 0.339 e. The number of rotatable bonds is 3. The maximum atomic E-state index is 11.0. The normalized spacial score (nSPS) is 10.6. The third-order valence-electron chi connectivity index (χ3n) is 2.56. The molecule has 1 aromatic carbocycles. The molecule has 0 spiro atoms. The van der Waals surface area contributed by atoms with Gasteiger partial charge in [0.2, 0.25) is 0 Å². The standard InChI is InChI=1S/C12H12O4/c1-3-7-4-8-9(12(13)14)6-16-11(8)10(5-7)15-2/h4-6H,3H2,1-2H3,(H,13,14). The number of hydrogen-bond donors (Lipinski definition) is 1. The number of methoxy groups -OCH3 is 1. The van der Waals surface area contributed by atoms with E-state index in [9.17, 15) is 4.79 Å². The summed E-state index contributed by atoms with van der Waals surface area (Å²) in [6.45, 7) is 2.00. The molecule has 0 saturated heterocycles. The lowest BCUT2D eigenvalue weighted by molar-refractivity contribution is 0.0698. The fourth-order valence-electron chi connectivity index (χ4n) is 1.68. The number of hydrogen-bond acceptors (Lipinski definition) is 3. The molecule has 2 rings (SSSR count). The Morgan fingerprint density at radius 3 is 2.81 bits per heavy atom. The van der Waals surface area contributed by atoms with Crippen LogP contribution in [0.1, 0.15) is 22.8 Å². The molecule has 0 unspecified atom stereocenters. The Kier molecular flexibility index (Phi) is 2.56. The molecular formula is C12H12O4. The summed E-state index contributed by atoms with van der Waals surface area (Å²) < 4.78 is 10.4. The molecule has 2 aromatic rings. The monoisotopic (exact) mass is 220 g/mol. The number of ether oxygens (including phenoxy) is 1. The second-order valence-electron chi connectivity index (χ2n) is 3.48. The third-order valence-corrected chi connectivity index (χ3v) is 2.56. The van der Waals surface area contributed by atoms with Crippen molar-refractivity contribution in [2.75, 3.05) is 7.11 Å². The quantitative estimate of drug-likeness (QED) is 0.863. The van der Waals surface area contributed by atoms with Crippen LogP contribution in [-0.4, -0.2) is 18.2 Å². The average Bonchev–Trinajstić information content (AvgIpc) is 2.71. The van der Waals surface area contributed by atoms with E-state index in [0.717, 1.165) is 12.0 Å². The Balaban J connectivity index is 2.76. The van der Waals surface area contributed by atoms with E-state index < -0.39 is 5.97 Å². The molecule has 84 valence electrons. The molecule has 4 nitrogen and oxygen atoms in total. The molecule has 0 atom stereocenters. The van der Waals surface area contributed by atoms with E-state index in [1.54, 1.807) is 0 Å². The zero-order valence-corrected chi connectivity index (χ0v) is 9.11. The zero-order valence-electron chi connectivity index (χ0n) is 9.11. The number of carboxylic acid groups (broad SMARTS) is 1. The van der Waals surface area contributed by atoms with Crippen LogP contribution in [0, 0.1) is 0 Å². The summed E-state index contributed by atoms with van der Waals surface area (Å²) in [6.07, 6.45) is 2.06. The fraction of sp³-hybridized carbons (Fsp3) is 0.250. The van der Waals surface area contributed by atoms with Gasteiger partial charge in [0, 0.05) is 5.39 Å². The Hall–Kier alpha value is -1.97. The van der Waals surface area contributed by atoms with E-state index >= 15 is 0 Å². The Bertz CT molecular complexity index is 539. The van der Waals surface area contributed by atoms with Crippen LogP contribution in [-0.2, 0) is 6.42 Å². The summed E-state index contributed by atoms with van der Waals surface area (Å²) in [5.74, 6) is -0.420. The summed E-state index contributed by atoms with van der Waals surface area (Å²) in [5, 5.41) is 9.58. The van der Waals surface area contributed by atoms with E-state index in [-0.39, 0.29) is 5.56 Å². The fourth-order valence-corrected chi connectivity index (χ4v) is 1.68. The van der Waals surface area contributed by atoms with Gasteiger partial charge in [-0.25, -0.2) is 4.79 Å². The van der Waals surface area contributed by atoms with Gasteiger partial charge in [-0.2, -0.15) is 0 Å². The summed E-state index contributed by atoms with van der Waals surface area (Å²) in [5.41, 5.74) is 1.67. The van der Waals surface area contributed by atoms with Crippen LogP contribution in [0.25, 0.3) is 11.0 Å². The van der Waals surface area contributed by atoms with E-state index in [2.05, 4.69) is 0 Å². The Morgan fingerprint density at radius 2 is 2.25 bits per heavy atom. The summed E-state index contributed by atoms with van der Waals surface area (Å²) in [7, 11) is 1.54. The topological polar surface area (TPSA) is 59.7 Å². The van der Waals surface area contributed by atoms with Crippen molar-refractivity contribution in [1.29, 1.82) is 0 Å². The molecule has 4 heteroatoms. The second-order valence-corrected chi connectivity index (χ2v) is 3.48. The lowest BCUT2D eigenvalue weighted by Gasteiger charge is -2.03. The number of benzene rings is 1. The first-order valence-corrected chi connectivity index (χ1v) is 4.98. The van der Waals surface area contributed by atoms with Crippen molar-refractivity contribution < 1.29 is 19.1 Å². The number of fused-ring (bicyclic) bond motifs is 1. The number of carboxylic acids is 1. The number of aromatic carboxylic acids is 1. The number of aryl methyl sites for hydroxylation is 1. The molecule has 1 heterocycles. The van der Waals surface area contributed by atoms with Crippen LogP contribution >= 0.6 is 0 Å². The van der Waals surface area contributed by atoms with Gasteiger partial charge in [0.15, 0.2) is 11.3 Å². The summed E-state index contributed by atoms with van der Waals surface area (Å²) in [4.78, 5) is 11.0. The molecule has 1 aromatic heterocycles. The highest BCUT2D eigenvalue weighted by molar-refractivity contribution is 6.03. The van der Waals surface area contributed by atoms with E-state index in [1.807, 2.05) is 19.1 Å². The van der Waals surface area contributed by atoms with Gasteiger partial charge < -0.3 is 14.3 Å². The Morgan fingerprint density at radius 1 is 1.50 bits per heavy atom. The molecule has 16 heavy (non-hydrogen) atoms. The lowest BCUT2D eigenvalue weighted by atomic mass is 10.1. The lowest BCUT2D eigenvalue weighted by Crippen LogP contribution is -1.94. The van der Waals surface area contributed by atoms with E-state index in [0.29, 0.717) is 16.7 Å². The molecule has 0 saturated carbocycles. The van der Waals surface area contributed by atoms with Crippen molar-refractivity contribution in [3.05, 3.63) is 29.5 Å². The number of carbonyl (C=O) groups is 1.